The molecule has 158 valence electrons. The van der Waals surface area contributed by atoms with Crippen LogP contribution in [-0.4, -0.2) is 51.8 Å². The fourth-order valence-electron chi connectivity index (χ4n) is 2.18. The van der Waals surface area contributed by atoms with Crippen LogP contribution in [0.2, 0.25) is 0 Å². The zero-order chi connectivity index (χ0) is 20.5. The molecule has 0 heterocycles. The number of benzene rings is 1. The van der Waals surface area contributed by atoms with Crippen molar-refractivity contribution in [2.45, 2.75) is 39.8 Å². The average molecular weight is 396 g/mol. The van der Waals surface area contributed by atoms with Crippen molar-refractivity contribution in [1.82, 2.24) is 10.6 Å². The van der Waals surface area contributed by atoms with Gasteiger partial charge in [-0.25, -0.2) is 9.59 Å². The average Bonchev–Trinajstić information content (AvgIpc) is 2.71. The zero-order valence-corrected chi connectivity index (χ0v) is 16.8. The number of hydrogen-bond acceptors (Lipinski definition) is 6. The summed E-state index contributed by atoms with van der Waals surface area (Å²) in [5.74, 6) is 0. The van der Waals surface area contributed by atoms with Gasteiger partial charge in [0.2, 0.25) is 0 Å². The number of amides is 2. The molecule has 0 aromatic heterocycles. The van der Waals surface area contributed by atoms with E-state index >= 15 is 0 Å². The molecule has 0 saturated heterocycles. The second-order valence-electron chi connectivity index (χ2n) is 6.02. The van der Waals surface area contributed by atoms with E-state index in [9.17, 15) is 9.59 Å². The lowest BCUT2D eigenvalue weighted by Gasteiger charge is -2.10. The van der Waals surface area contributed by atoms with Gasteiger partial charge in [0.05, 0.1) is 13.2 Å². The molecule has 2 N–H and O–H groups in total. The Kier molecular flexibility index (Phi) is 13.3. The van der Waals surface area contributed by atoms with E-state index < -0.39 is 12.2 Å². The number of carbonyl (C=O) groups excluding carboxylic acids is 2. The van der Waals surface area contributed by atoms with Crippen LogP contribution in [0, 0.1) is 0 Å². The molecule has 0 bridgehead atoms. The normalized spacial score (nSPS) is 10.4. The Labute approximate surface area is 166 Å². The minimum absolute atomic E-state index is 0.224. The molecule has 0 unspecified atom stereocenters. The lowest BCUT2D eigenvalue weighted by atomic mass is 10.1. The van der Waals surface area contributed by atoms with Crippen molar-refractivity contribution >= 4 is 12.2 Å². The maximum Gasteiger partial charge on any atom is 0.407 e. The van der Waals surface area contributed by atoms with Crippen LogP contribution in [0.4, 0.5) is 9.59 Å². The summed E-state index contributed by atoms with van der Waals surface area (Å²) in [6.07, 6.45) is 0.889. The third-order valence-corrected chi connectivity index (χ3v) is 3.48. The third kappa shape index (κ3) is 12.1. The van der Waals surface area contributed by atoms with Crippen LogP contribution in [0.5, 0.6) is 0 Å². The van der Waals surface area contributed by atoms with E-state index in [-0.39, 0.29) is 13.2 Å². The minimum Gasteiger partial charge on any atom is -0.447 e. The van der Waals surface area contributed by atoms with Gasteiger partial charge in [0, 0.05) is 26.3 Å². The summed E-state index contributed by atoms with van der Waals surface area (Å²) < 4.78 is 20.5. The van der Waals surface area contributed by atoms with Crippen LogP contribution in [0.15, 0.2) is 24.3 Å². The summed E-state index contributed by atoms with van der Waals surface area (Å²) in [7, 11) is 0. The Bertz CT molecular complexity index is 522. The van der Waals surface area contributed by atoms with Crippen molar-refractivity contribution in [3.05, 3.63) is 35.4 Å². The molecule has 1 rings (SSSR count). The fraction of sp³-hybridized carbons (Fsp3) is 0.600. The van der Waals surface area contributed by atoms with E-state index in [1.54, 1.807) is 0 Å². The quantitative estimate of drug-likeness (QED) is 0.470. The van der Waals surface area contributed by atoms with Crippen LogP contribution in [0.3, 0.4) is 0 Å². The molecule has 8 nitrogen and oxygen atoms in total. The monoisotopic (exact) mass is 396 g/mol. The first-order valence-electron chi connectivity index (χ1n) is 9.70. The van der Waals surface area contributed by atoms with Crippen LogP contribution < -0.4 is 10.6 Å². The van der Waals surface area contributed by atoms with Crippen molar-refractivity contribution < 1.29 is 28.5 Å². The largest absolute Gasteiger partial charge is 0.447 e. The van der Waals surface area contributed by atoms with E-state index in [2.05, 4.69) is 10.6 Å². The maximum atomic E-state index is 11.6. The minimum atomic E-state index is -0.488. The van der Waals surface area contributed by atoms with Gasteiger partial charge in [-0.1, -0.05) is 38.1 Å². The number of ether oxygens (including phenoxy) is 4. The van der Waals surface area contributed by atoms with Crippen molar-refractivity contribution in [3.8, 4) is 0 Å². The highest BCUT2D eigenvalue weighted by molar-refractivity contribution is 5.67. The summed E-state index contributed by atoms with van der Waals surface area (Å²) in [5.41, 5.74) is 1.81. The van der Waals surface area contributed by atoms with Gasteiger partial charge < -0.3 is 29.6 Å². The van der Waals surface area contributed by atoms with Gasteiger partial charge in [0.1, 0.15) is 13.2 Å². The van der Waals surface area contributed by atoms with Gasteiger partial charge in [-0.3, -0.25) is 0 Å². The topological polar surface area (TPSA) is 95.1 Å². The Morgan fingerprint density at radius 2 is 1.21 bits per heavy atom. The highest BCUT2D eigenvalue weighted by Gasteiger charge is 2.05. The summed E-state index contributed by atoms with van der Waals surface area (Å²) in [6, 6.07) is 7.53. The number of hydrogen-bond donors (Lipinski definition) is 2. The maximum absolute atomic E-state index is 11.6. The molecule has 0 atom stereocenters. The van der Waals surface area contributed by atoms with Crippen LogP contribution in [0.25, 0.3) is 0 Å². The lowest BCUT2D eigenvalue weighted by Crippen LogP contribution is -2.26. The molecule has 8 heteroatoms. The first kappa shape index (κ1) is 23.7. The van der Waals surface area contributed by atoms with E-state index in [4.69, 9.17) is 18.9 Å². The Morgan fingerprint density at radius 3 is 1.64 bits per heavy atom. The predicted molar refractivity (Wildman–Crippen MR) is 105 cm³/mol. The highest BCUT2D eigenvalue weighted by Crippen LogP contribution is 2.05. The lowest BCUT2D eigenvalue weighted by molar-refractivity contribution is 0.0728. The molecule has 0 spiro atoms. The summed E-state index contributed by atoms with van der Waals surface area (Å²) in [6.45, 7) is 7.25. The molecular formula is C20H32N2O6. The second-order valence-corrected chi connectivity index (χ2v) is 6.02. The Balaban J connectivity index is 2.22. The number of alkyl carbamates (subject to hydrolysis) is 2. The number of nitrogens with one attached hydrogen (secondary N) is 2. The SMILES string of the molecule is CCCOCCOC(=O)NCc1cccc(CNC(=O)OCCOCCC)c1. The Morgan fingerprint density at radius 1 is 0.750 bits per heavy atom. The molecule has 0 aliphatic heterocycles. The number of rotatable bonds is 14. The van der Waals surface area contributed by atoms with Gasteiger partial charge in [-0.2, -0.15) is 0 Å². The smallest absolute Gasteiger partial charge is 0.407 e. The summed E-state index contributed by atoms with van der Waals surface area (Å²) in [5, 5.41) is 5.37. The molecule has 0 radical (unpaired) electrons. The molecule has 0 fully saturated rings. The van der Waals surface area contributed by atoms with Crippen LogP contribution in [0.1, 0.15) is 37.8 Å². The van der Waals surface area contributed by atoms with Crippen LogP contribution in [-0.2, 0) is 32.0 Å². The van der Waals surface area contributed by atoms with Crippen LogP contribution >= 0.6 is 0 Å². The molecule has 1 aromatic carbocycles. The van der Waals surface area contributed by atoms with Crippen molar-refractivity contribution in [1.29, 1.82) is 0 Å². The van der Waals surface area contributed by atoms with Crippen molar-refractivity contribution in [3.63, 3.8) is 0 Å². The van der Waals surface area contributed by atoms with Gasteiger partial charge in [0.25, 0.3) is 0 Å². The summed E-state index contributed by atoms with van der Waals surface area (Å²) >= 11 is 0. The molecule has 1 aromatic rings. The molecule has 0 aliphatic rings. The number of carbonyl (C=O) groups is 2. The first-order chi connectivity index (χ1) is 13.7. The molecule has 0 aliphatic carbocycles. The third-order valence-electron chi connectivity index (χ3n) is 3.48. The summed E-state index contributed by atoms with van der Waals surface area (Å²) in [4.78, 5) is 23.3. The fourth-order valence-corrected chi connectivity index (χ4v) is 2.18. The van der Waals surface area contributed by atoms with Gasteiger partial charge >= 0.3 is 12.2 Å². The molecule has 2 amide bonds. The van der Waals surface area contributed by atoms with Gasteiger partial charge in [-0.15, -0.1) is 0 Å². The van der Waals surface area contributed by atoms with E-state index in [0.717, 1.165) is 24.0 Å². The van der Waals surface area contributed by atoms with Gasteiger partial charge in [0.15, 0.2) is 0 Å². The first-order valence-corrected chi connectivity index (χ1v) is 9.70. The van der Waals surface area contributed by atoms with Gasteiger partial charge in [-0.05, 0) is 24.0 Å². The molecule has 28 heavy (non-hydrogen) atoms. The standard InChI is InChI=1S/C20H32N2O6/c1-3-8-25-10-12-27-19(23)21-15-17-6-5-7-18(14-17)16-22-20(24)28-13-11-26-9-4-2/h5-7,14H,3-4,8-13,15-16H2,1-2H3,(H,21,23)(H,22,24). The predicted octanol–water partition coefficient (Wildman–Crippen LogP) is 2.99. The molecular weight excluding hydrogens is 364 g/mol. The van der Waals surface area contributed by atoms with E-state index in [1.165, 1.54) is 0 Å². The zero-order valence-electron chi connectivity index (χ0n) is 16.8. The van der Waals surface area contributed by atoms with Crippen molar-refractivity contribution in [2.24, 2.45) is 0 Å². The Hall–Kier alpha value is -2.32. The van der Waals surface area contributed by atoms with Crippen molar-refractivity contribution in [2.75, 3.05) is 39.6 Å². The highest BCUT2D eigenvalue weighted by atomic mass is 16.6. The molecule has 0 saturated carbocycles. The second kappa shape index (κ2) is 15.7. The van der Waals surface area contributed by atoms with E-state index in [0.29, 0.717) is 39.5 Å². The van der Waals surface area contributed by atoms with E-state index in [1.807, 2.05) is 38.1 Å².